The average molecular weight is 368 g/mol. The average Bonchev–Trinajstić information content (AvgIpc) is 3.44. The number of nitrogens with zero attached hydrogens (tertiary/aromatic N) is 2. The molecule has 4 heteroatoms. The fourth-order valence-corrected chi connectivity index (χ4v) is 5.60. The second-order valence-electron chi connectivity index (χ2n) is 8.01. The molecule has 0 aliphatic carbocycles. The van der Waals surface area contributed by atoms with Crippen LogP contribution in [0.25, 0.3) is 49.8 Å². The summed E-state index contributed by atoms with van der Waals surface area (Å²) in [6.07, 6.45) is 1.98. The molecule has 2 aliphatic rings. The third kappa shape index (κ3) is 1.50. The van der Waals surface area contributed by atoms with Crippen molar-refractivity contribution >= 4 is 56.1 Å². The van der Waals surface area contributed by atoms with E-state index in [0.29, 0.717) is 0 Å². The van der Waals surface area contributed by atoms with Crippen LogP contribution in [0.4, 0.5) is 0 Å². The lowest BCUT2D eigenvalue weighted by Gasteiger charge is -2.23. The largest absolute Gasteiger partial charge is 0.456 e. The molecule has 2 aliphatic heterocycles. The van der Waals surface area contributed by atoms with Crippen molar-refractivity contribution in [1.29, 1.82) is 0 Å². The van der Waals surface area contributed by atoms with Gasteiger partial charge in [0.2, 0.25) is 6.71 Å². The van der Waals surface area contributed by atoms with Gasteiger partial charge in [0.1, 0.15) is 23.0 Å². The molecule has 0 saturated heterocycles. The van der Waals surface area contributed by atoms with Crippen LogP contribution < -0.4 is 16.4 Å². The van der Waals surface area contributed by atoms with Crippen LogP contribution in [0.5, 0.6) is 0 Å². The molecule has 132 valence electrons. The molecule has 4 aromatic carbocycles. The minimum atomic E-state index is 0.224. The number of fused-ring (bicyclic) bond motifs is 9. The minimum absolute atomic E-state index is 0.224. The van der Waals surface area contributed by atoms with Crippen LogP contribution in [0.3, 0.4) is 0 Å². The normalized spacial score (nSPS) is 13.4. The first kappa shape index (κ1) is 14.2. The summed E-state index contributed by atoms with van der Waals surface area (Å²) in [5.74, 6) is 0. The smallest absolute Gasteiger partial charge is 0.248 e. The van der Waals surface area contributed by atoms with E-state index in [1.165, 1.54) is 38.7 Å². The van der Waals surface area contributed by atoms with Gasteiger partial charge in [-0.1, -0.05) is 60.1 Å². The van der Waals surface area contributed by atoms with Crippen molar-refractivity contribution in [2.24, 2.45) is 0 Å². The summed E-state index contributed by atoms with van der Waals surface area (Å²) in [7, 11) is 0. The van der Waals surface area contributed by atoms with E-state index in [4.69, 9.17) is 9.40 Å². The number of imidazole rings is 1. The summed E-state index contributed by atoms with van der Waals surface area (Å²) >= 11 is 0. The fraction of sp³-hybridized carbons (Fsp3) is 0. The number of para-hydroxylation sites is 1. The second kappa shape index (κ2) is 4.61. The SMILES string of the molecule is c1ccc2c(c1)B1c3c-2cccc3-n2cnc3c4c(cc1c32)oc1ccccc14. The van der Waals surface area contributed by atoms with Gasteiger partial charge in [-0.3, -0.25) is 4.57 Å². The molecule has 0 spiro atoms. The predicted octanol–water partition coefficient (Wildman–Crippen LogP) is 3.73. The Bertz CT molecular complexity index is 1670. The highest BCUT2D eigenvalue weighted by atomic mass is 16.3. The Kier molecular flexibility index (Phi) is 2.26. The quantitative estimate of drug-likeness (QED) is 0.382. The Morgan fingerprint density at radius 1 is 0.793 bits per heavy atom. The van der Waals surface area contributed by atoms with Crippen molar-refractivity contribution in [3.63, 3.8) is 0 Å². The minimum Gasteiger partial charge on any atom is -0.456 e. The molecule has 4 heterocycles. The maximum Gasteiger partial charge on any atom is 0.248 e. The molecule has 0 atom stereocenters. The van der Waals surface area contributed by atoms with E-state index in [-0.39, 0.29) is 6.71 Å². The van der Waals surface area contributed by atoms with Crippen LogP contribution in [0.1, 0.15) is 0 Å². The van der Waals surface area contributed by atoms with Crippen LogP contribution >= 0.6 is 0 Å². The molecular formula is C25H13BN2O. The Hall–Kier alpha value is -3.79. The summed E-state index contributed by atoms with van der Waals surface area (Å²) in [5, 5.41) is 2.25. The summed E-state index contributed by atoms with van der Waals surface area (Å²) in [6, 6.07) is 25.9. The van der Waals surface area contributed by atoms with E-state index >= 15 is 0 Å². The zero-order valence-corrected chi connectivity index (χ0v) is 15.4. The number of furan rings is 1. The molecule has 0 radical (unpaired) electrons. The molecule has 0 N–H and O–H groups in total. The van der Waals surface area contributed by atoms with Crippen molar-refractivity contribution in [2.45, 2.75) is 0 Å². The Labute approximate surface area is 166 Å². The molecule has 2 aromatic heterocycles. The number of rotatable bonds is 0. The lowest BCUT2D eigenvalue weighted by atomic mass is 9.37. The predicted molar refractivity (Wildman–Crippen MR) is 118 cm³/mol. The molecule has 3 nitrogen and oxygen atoms in total. The maximum absolute atomic E-state index is 6.27. The van der Waals surface area contributed by atoms with Gasteiger partial charge >= 0.3 is 0 Å². The molecule has 0 unspecified atom stereocenters. The van der Waals surface area contributed by atoms with E-state index < -0.39 is 0 Å². The molecule has 29 heavy (non-hydrogen) atoms. The van der Waals surface area contributed by atoms with Crippen molar-refractivity contribution < 1.29 is 4.42 Å². The molecule has 0 amide bonds. The molecule has 6 aromatic rings. The van der Waals surface area contributed by atoms with Gasteiger partial charge in [0.05, 0.1) is 10.9 Å². The van der Waals surface area contributed by atoms with Crippen molar-refractivity contribution in [2.75, 3.05) is 0 Å². The number of hydrogen-bond donors (Lipinski definition) is 0. The van der Waals surface area contributed by atoms with Gasteiger partial charge in [0.25, 0.3) is 0 Å². The summed E-state index contributed by atoms with van der Waals surface area (Å²) in [4.78, 5) is 4.89. The summed E-state index contributed by atoms with van der Waals surface area (Å²) in [5.41, 5.74) is 12.0. The van der Waals surface area contributed by atoms with E-state index in [2.05, 4.69) is 65.2 Å². The van der Waals surface area contributed by atoms with Crippen molar-refractivity contribution in [1.82, 2.24) is 9.55 Å². The van der Waals surface area contributed by atoms with Gasteiger partial charge in [0, 0.05) is 11.1 Å². The van der Waals surface area contributed by atoms with E-state index in [9.17, 15) is 0 Å². The van der Waals surface area contributed by atoms with Crippen LogP contribution in [-0.2, 0) is 0 Å². The zero-order chi connectivity index (χ0) is 18.7. The van der Waals surface area contributed by atoms with Crippen LogP contribution in [0.15, 0.2) is 83.5 Å². The second-order valence-corrected chi connectivity index (χ2v) is 8.01. The Morgan fingerprint density at radius 3 is 2.66 bits per heavy atom. The van der Waals surface area contributed by atoms with Crippen molar-refractivity contribution in [3.8, 4) is 16.8 Å². The lowest BCUT2D eigenvalue weighted by molar-refractivity contribution is 0.669. The molecular weight excluding hydrogens is 355 g/mol. The van der Waals surface area contributed by atoms with Crippen LogP contribution in [0, 0.1) is 0 Å². The van der Waals surface area contributed by atoms with Crippen LogP contribution in [0.2, 0.25) is 0 Å². The Morgan fingerprint density at radius 2 is 1.66 bits per heavy atom. The van der Waals surface area contributed by atoms with Crippen molar-refractivity contribution in [3.05, 3.63) is 79.1 Å². The first-order valence-corrected chi connectivity index (χ1v) is 9.94. The highest BCUT2D eigenvalue weighted by Gasteiger charge is 2.40. The third-order valence-corrected chi connectivity index (χ3v) is 6.69. The molecule has 0 saturated carbocycles. The topological polar surface area (TPSA) is 31.0 Å². The van der Waals surface area contributed by atoms with Gasteiger partial charge in [-0.25, -0.2) is 4.98 Å². The molecule has 0 bridgehead atoms. The van der Waals surface area contributed by atoms with E-state index in [1.807, 2.05) is 18.5 Å². The summed E-state index contributed by atoms with van der Waals surface area (Å²) in [6.45, 7) is 0.224. The maximum atomic E-state index is 6.27. The van der Waals surface area contributed by atoms with Gasteiger partial charge in [-0.15, -0.1) is 0 Å². The van der Waals surface area contributed by atoms with E-state index in [0.717, 1.165) is 27.5 Å². The Balaban J connectivity index is 1.63. The first-order valence-electron chi connectivity index (χ1n) is 9.94. The fourth-order valence-electron chi connectivity index (χ4n) is 5.60. The zero-order valence-electron chi connectivity index (χ0n) is 15.4. The standard InChI is InChI=1S/C25H13BN2O/c1-3-9-17-14(6-1)15-8-5-10-19-23(15)26(17)18-12-21-22(24-25(18)28(19)13-27-24)16-7-2-4-11-20(16)29-21/h1-13H. The van der Waals surface area contributed by atoms with Gasteiger partial charge in [-0.2, -0.15) is 0 Å². The van der Waals surface area contributed by atoms with Gasteiger partial charge in [0.15, 0.2) is 0 Å². The highest BCUT2D eigenvalue weighted by molar-refractivity contribution is 7.01. The molecule has 8 rings (SSSR count). The first-order chi connectivity index (χ1) is 14.4. The highest BCUT2D eigenvalue weighted by Crippen LogP contribution is 2.37. The number of benzene rings is 4. The molecule has 0 fully saturated rings. The number of aromatic nitrogens is 2. The van der Waals surface area contributed by atoms with Gasteiger partial charge < -0.3 is 4.42 Å². The van der Waals surface area contributed by atoms with Gasteiger partial charge in [-0.05, 0) is 40.3 Å². The third-order valence-electron chi connectivity index (χ3n) is 6.69. The summed E-state index contributed by atoms with van der Waals surface area (Å²) < 4.78 is 8.54. The van der Waals surface area contributed by atoms with Crippen LogP contribution in [-0.4, -0.2) is 16.3 Å². The lowest BCUT2D eigenvalue weighted by Crippen LogP contribution is -2.53. The monoisotopic (exact) mass is 368 g/mol. The number of hydrogen-bond acceptors (Lipinski definition) is 2. The van der Waals surface area contributed by atoms with E-state index in [1.54, 1.807) is 0 Å².